The molecule has 0 saturated heterocycles. The predicted octanol–water partition coefficient (Wildman–Crippen LogP) is 7.01. The molecule has 1 rings (SSSR count). The molecule has 3 heteroatoms. The molecule has 0 fully saturated rings. The zero-order valence-electron chi connectivity index (χ0n) is 19.0. The van der Waals surface area contributed by atoms with Crippen molar-refractivity contribution >= 4 is 11.7 Å². The number of carbonyl (C=O) groups is 1. The third kappa shape index (κ3) is 12.0. The number of anilines is 1. The molecule has 160 valence electrons. The molecular weight excluding hydrogens is 358 g/mol. The molecule has 0 aliphatic heterocycles. The minimum atomic E-state index is -0.137. The van der Waals surface area contributed by atoms with E-state index in [4.69, 9.17) is 4.74 Å². The number of nitrogens with one attached hydrogen (secondary N) is 1. The number of carbonyl (C=O) groups excluding carboxylic acids is 1. The van der Waals surface area contributed by atoms with Crippen LogP contribution in [0.2, 0.25) is 0 Å². The van der Waals surface area contributed by atoms with Crippen LogP contribution in [0.5, 0.6) is 0 Å². The van der Waals surface area contributed by atoms with Crippen molar-refractivity contribution in [2.75, 3.05) is 18.5 Å². The summed E-state index contributed by atoms with van der Waals surface area (Å²) < 4.78 is 5.03. The van der Waals surface area contributed by atoms with Crippen molar-refractivity contribution in [1.29, 1.82) is 0 Å². The second-order valence-electron chi connectivity index (χ2n) is 7.80. The van der Waals surface area contributed by atoms with Crippen LogP contribution in [0.25, 0.3) is 0 Å². The molecule has 1 aromatic carbocycles. The Kier molecular flexibility index (Phi) is 12.5. The molecule has 0 saturated carbocycles. The molecule has 1 aromatic rings. The van der Waals surface area contributed by atoms with E-state index >= 15 is 0 Å². The van der Waals surface area contributed by atoms with Crippen molar-refractivity contribution in [2.24, 2.45) is 0 Å². The van der Waals surface area contributed by atoms with E-state index in [9.17, 15) is 4.79 Å². The lowest BCUT2D eigenvalue weighted by Gasteiger charge is -2.11. The molecule has 0 bridgehead atoms. The Hall–Kier alpha value is -2.29. The summed E-state index contributed by atoms with van der Waals surface area (Å²) in [4.78, 5) is 11.6. The fourth-order valence-electron chi connectivity index (χ4n) is 3.05. The minimum Gasteiger partial charge on any atom is -0.466 e. The van der Waals surface area contributed by atoms with Crippen LogP contribution in [0.3, 0.4) is 0 Å². The summed E-state index contributed by atoms with van der Waals surface area (Å²) in [5.41, 5.74) is 6.52. The number of rotatable bonds is 13. The van der Waals surface area contributed by atoms with Crippen LogP contribution >= 0.6 is 0 Å². The van der Waals surface area contributed by atoms with E-state index in [0.29, 0.717) is 19.4 Å². The number of para-hydroxylation sites is 1. The summed E-state index contributed by atoms with van der Waals surface area (Å²) in [6.45, 7) is 11.8. The summed E-state index contributed by atoms with van der Waals surface area (Å²) in [6, 6.07) is 8.18. The molecule has 0 aliphatic rings. The minimum absolute atomic E-state index is 0.137. The Morgan fingerprint density at radius 2 is 1.59 bits per heavy atom. The molecule has 0 aliphatic carbocycles. The summed E-state index contributed by atoms with van der Waals surface area (Å²) in [7, 11) is 0. The summed E-state index contributed by atoms with van der Waals surface area (Å²) in [6.07, 6.45) is 12.5. The lowest BCUT2D eigenvalue weighted by molar-refractivity contribution is -0.143. The standard InChI is InChI=1S/C26H39NO2/c1-6-29-26(28)18-17-24-15-7-8-16-25(24)27-20-19-23(5)14-10-13-22(4)12-9-11-21(2)3/h7-8,11,13,15-16,19,27H,6,9-10,12,14,17-18,20H2,1-5H3/b22-13+,23-19+. The van der Waals surface area contributed by atoms with E-state index in [1.54, 1.807) is 0 Å². The second-order valence-corrected chi connectivity index (χ2v) is 7.80. The van der Waals surface area contributed by atoms with Gasteiger partial charge in [0.25, 0.3) is 0 Å². The van der Waals surface area contributed by atoms with E-state index in [-0.39, 0.29) is 5.97 Å². The number of allylic oxidation sites excluding steroid dienone is 5. The Labute approximate surface area is 177 Å². The van der Waals surface area contributed by atoms with Crippen molar-refractivity contribution < 1.29 is 9.53 Å². The van der Waals surface area contributed by atoms with Gasteiger partial charge in [0.1, 0.15) is 0 Å². The first-order chi connectivity index (χ1) is 13.9. The highest BCUT2D eigenvalue weighted by molar-refractivity contribution is 5.70. The summed E-state index contributed by atoms with van der Waals surface area (Å²) >= 11 is 0. The average molecular weight is 398 g/mol. The molecule has 0 heterocycles. The van der Waals surface area contributed by atoms with Crippen molar-refractivity contribution in [3.63, 3.8) is 0 Å². The SMILES string of the molecule is CCOC(=O)CCc1ccccc1NC/C=C(\C)CC/C=C(\C)CCC=C(C)C. The van der Waals surface area contributed by atoms with E-state index in [1.807, 2.05) is 19.1 Å². The third-order valence-electron chi connectivity index (χ3n) is 4.79. The maximum absolute atomic E-state index is 11.6. The molecule has 0 radical (unpaired) electrons. The van der Waals surface area contributed by atoms with Gasteiger partial charge in [-0.3, -0.25) is 4.79 Å². The van der Waals surface area contributed by atoms with Crippen LogP contribution < -0.4 is 5.32 Å². The first kappa shape index (κ1) is 24.7. The van der Waals surface area contributed by atoms with Gasteiger partial charge in [-0.25, -0.2) is 0 Å². The van der Waals surface area contributed by atoms with Crippen molar-refractivity contribution in [3.05, 3.63) is 64.8 Å². The second kappa shape index (κ2) is 14.7. The number of ether oxygens (including phenoxy) is 1. The largest absolute Gasteiger partial charge is 0.466 e. The van der Waals surface area contributed by atoms with Gasteiger partial charge in [0.15, 0.2) is 0 Å². The number of hydrogen-bond donors (Lipinski definition) is 1. The quantitative estimate of drug-likeness (QED) is 0.287. The molecule has 0 unspecified atom stereocenters. The highest BCUT2D eigenvalue weighted by Crippen LogP contribution is 2.17. The van der Waals surface area contributed by atoms with Crippen LogP contribution in [0.4, 0.5) is 5.69 Å². The molecule has 0 aromatic heterocycles. The molecule has 29 heavy (non-hydrogen) atoms. The maximum Gasteiger partial charge on any atom is 0.306 e. The van der Waals surface area contributed by atoms with Crippen LogP contribution in [0, 0.1) is 0 Å². The van der Waals surface area contributed by atoms with Crippen LogP contribution in [0.15, 0.2) is 59.2 Å². The van der Waals surface area contributed by atoms with Gasteiger partial charge in [0.05, 0.1) is 6.61 Å². The molecular formula is C26H39NO2. The summed E-state index contributed by atoms with van der Waals surface area (Å²) in [5, 5.41) is 3.49. The fourth-order valence-corrected chi connectivity index (χ4v) is 3.05. The maximum atomic E-state index is 11.6. The van der Waals surface area contributed by atoms with Gasteiger partial charge in [0, 0.05) is 18.7 Å². The van der Waals surface area contributed by atoms with Gasteiger partial charge in [-0.2, -0.15) is 0 Å². The average Bonchev–Trinajstić information content (AvgIpc) is 2.67. The number of benzene rings is 1. The van der Waals surface area contributed by atoms with Crippen molar-refractivity contribution in [1.82, 2.24) is 0 Å². The van der Waals surface area contributed by atoms with E-state index in [1.165, 1.54) is 16.7 Å². The third-order valence-corrected chi connectivity index (χ3v) is 4.79. The molecule has 0 spiro atoms. The Balaban J connectivity index is 2.42. The van der Waals surface area contributed by atoms with Crippen molar-refractivity contribution in [3.8, 4) is 0 Å². The van der Waals surface area contributed by atoms with E-state index in [0.717, 1.165) is 43.5 Å². The summed E-state index contributed by atoms with van der Waals surface area (Å²) in [5.74, 6) is -0.137. The Bertz CT molecular complexity index is 709. The molecule has 0 amide bonds. The Morgan fingerprint density at radius 1 is 0.931 bits per heavy atom. The van der Waals surface area contributed by atoms with E-state index in [2.05, 4.69) is 63.4 Å². The lowest BCUT2D eigenvalue weighted by Crippen LogP contribution is -2.07. The highest BCUT2D eigenvalue weighted by atomic mass is 16.5. The lowest BCUT2D eigenvalue weighted by atomic mass is 10.1. The van der Waals surface area contributed by atoms with Gasteiger partial charge < -0.3 is 10.1 Å². The van der Waals surface area contributed by atoms with Gasteiger partial charge in [-0.15, -0.1) is 0 Å². The monoisotopic (exact) mass is 397 g/mol. The van der Waals surface area contributed by atoms with Crippen LogP contribution in [0.1, 0.15) is 72.3 Å². The topological polar surface area (TPSA) is 38.3 Å². The number of esters is 1. The zero-order valence-corrected chi connectivity index (χ0v) is 19.0. The number of aryl methyl sites for hydroxylation is 1. The molecule has 1 N–H and O–H groups in total. The van der Waals surface area contributed by atoms with Crippen molar-refractivity contribution in [2.45, 2.75) is 73.1 Å². The highest BCUT2D eigenvalue weighted by Gasteiger charge is 2.06. The number of hydrogen-bond acceptors (Lipinski definition) is 3. The van der Waals surface area contributed by atoms with Crippen LogP contribution in [-0.2, 0) is 16.0 Å². The van der Waals surface area contributed by atoms with Gasteiger partial charge in [-0.1, -0.05) is 53.1 Å². The first-order valence-electron chi connectivity index (χ1n) is 10.8. The van der Waals surface area contributed by atoms with E-state index < -0.39 is 0 Å². The molecule has 0 atom stereocenters. The van der Waals surface area contributed by atoms with Gasteiger partial charge >= 0.3 is 5.97 Å². The van der Waals surface area contributed by atoms with Gasteiger partial charge in [0.2, 0.25) is 0 Å². The smallest absolute Gasteiger partial charge is 0.306 e. The normalized spacial score (nSPS) is 11.9. The fraction of sp³-hybridized carbons (Fsp3) is 0.500. The Morgan fingerprint density at radius 3 is 2.28 bits per heavy atom. The first-order valence-corrected chi connectivity index (χ1v) is 10.8. The predicted molar refractivity (Wildman–Crippen MR) is 125 cm³/mol. The van der Waals surface area contributed by atoms with Gasteiger partial charge in [-0.05, 0) is 78.4 Å². The van der Waals surface area contributed by atoms with Crippen LogP contribution in [-0.4, -0.2) is 19.1 Å². The molecule has 3 nitrogen and oxygen atoms in total. The zero-order chi connectivity index (χ0) is 21.5.